The lowest BCUT2D eigenvalue weighted by Crippen LogP contribution is -2.19. The van der Waals surface area contributed by atoms with Crippen LogP contribution in [0.4, 0.5) is 0 Å². The molecule has 2 aromatic heterocycles. The molecule has 112 valence electrons. The van der Waals surface area contributed by atoms with Crippen molar-refractivity contribution in [2.45, 2.75) is 12.1 Å². The van der Waals surface area contributed by atoms with Crippen molar-refractivity contribution < 1.29 is 13.6 Å². The van der Waals surface area contributed by atoms with Crippen LogP contribution < -0.4 is 5.43 Å². The maximum atomic E-state index is 11.7. The second-order valence-electron chi connectivity index (χ2n) is 4.48. The number of fused-ring (bicyclic) bond motifs is 1. The highest BCUT2D eigenvalue weighted by molar-refractivity contribution is 7.99. The molecule has 0 aliphatic heterocycles. The molecule has 0 radical (unpaired) electrons. The van der Waals surface area contributed by atoms with Crippen molar-refractivity contribution in [3.05, 3.63) is 47.9 Å². The summed E-state index contributed by atoms with van der Waals surface area (Å²) < 4.78 is 10.8. The van der Waals surface area contributed by atoms with Gasteiger partial charge in [-0.2, -0.15) is 5.10 Å². The molecule has 1 aromatic carbocycles. The van der Waals surface area contributed by atoms with Gasteiger partial charge in [0.25, 0.3) is 11.1 Å². The van der Waals surface area contributed by atoms with Crippen LogP contribution in [0.15, 0.2) is 55.6 Å². The Morgan fingerprint density at radius 2 is 2.18 bits per heavy atom. The highest BCUT2D eigenvalue weighted by atomic mass is 32.2. The maximum absolute atomic E-state index is 11.7. The summed E-state index contributed by atoms with van der Waals surface area (Å²) in [7, 11) is 0. The summed E-state index contributed by atoms with van der Waals surface area (Å²) in [5.41, 5.74) is 3.90. The molecule has 0 saturated carbocycles. The van der Waals surface area contributed by atoms with E-state index in [0.717, 1.165) is 11.3 Å². The summed E-state index contributed by atoms with van der Waals surface area (Å²) in [5, 5.41) is 4.29. The van der Waals surface area contributed by atoms with Gasteiger partial charge in [0.05, 0.1) is 12.0 Å². The van der Waals surface area contributed by atoms with E-state index < -0.39 is 0 Å². The van der Waals surface area contributed by atoms with Crippen molar-refractivity contribution in [1.29, 1.82) is 0 Å². The first kappa shape index (κ1) is 14.4. The second kappa shape index (κ2) is 6.48. The highest BCUT2D eigenvalue weighted by Gasteiger charge is 2.08. The first-order valence-electron chi connectivity index (χ1n) is 6.57. The highest BCUT2D eigenvalue weighted by Crippen LogP contribution is 2.22. The molecule has 0 unspecified atom stereocenters. The molecule has 0 fully saturated rings. The van der Waals surface area contributed by atoms with Gasteiger partial charge in [-0.05, 0) is 31.2 Å². The molecule has 1 N–H and O–H groups in total. The van der Waals surface area contributed by atoms with Crippen LogP contribution in [0.5, 0.6) is 0 Å². The zero-order valence-electron chi connectivity index (χ0n) is 11.8. The number of furan rings is 1. The van der Waals surface area contributed by atoms with Gasteiger partial charge in [0.15, 0.2) is 5.58 Å². The topological polar surface area (TPSA) is 80.6 Å². The second-order valence-corrected chi connectivity index (χ2v) is 5.40. The molecule has 0 atom stereocenters. The summed E-state index contributed by atoms with van der Waals surface area (Å²) in [6.45, 7) is 1.84. The Balaban J connectivity index is 1.50. The molecular weight excluding hydrogens is 302 g/mol. The predicted molar refractivity (Wildman–Crippen MR) is 83.9 cm³/mol. The largest absolute Gasteiger partial charge is 0.460 e. The molecule has 1 amide bonds. The Morgan fingerprint density at radius 1 is 1.32 bits per heavy atom. The Bertz CT molecular complexity index is 789. The first-order valence-corrected chi connectivity index (χ1v) is 7.56. The number of nitrogens with one attached hydrogen (secondary N) is 1. The summed E-state index contributed by atoms with van der Waals surface area (Å²) in [5.74, 6) is 1.30. The van der Waals surface area contributed by atoms with Gasteiger partial charge in [0.2, 0.25) is 0 Å². The van der Waals surface area contributed by atoms with Gasteiger partial charge in [0, 0.05) is 0 Å². The molecule has 0 aliphatic rings. The number of aryl methyl sites for hydroxylation is 1. The number of para-hydroxylation sites is 2. The van der Waals surface area contributed by atoms with Crippen LogP contribution in [0, 0.1) is 6.92 Å². The van der Waals surface area contributed by atoms with Gasteiger partial charge in [-0.3, -0.25) is 4.79 Å². The van der Waals surface area contributed by atoms with E-state index in [2.05, 4.69) is 15.5 Å². The van der Waals surface area contributed by atoms with Crippen molar-refractivity contribution in [3.8, 4) is 0 Å². The molecule has 3 rings (SSSR count). The van der Waals surface area contributed by atoms with E-state index in [4.69, 9.17) is 8.83 Å². The van der Waals surface area contributed by atoms with Crippen LogP contribution in [0.2, 0.25) is 0 Å². The maximum Gasteiger partial charge on any atom is 0.257 e. The number of amides is 1. The molecule has 0 spiro atoms. The Morgan fingerprint density at radius 3 is 2.95 bits per heavy atom. The number of hydrazone groups is 1. The van der Waals surface area contributed by atoms with E-state index in [9.17, 15) is 4.79 Å². The van der Waals surface area contributed by atoms with Gasteiger partial charge in [-0.25, -0.2) is 10.4 Å². The fourth-order valence-electron chi connectivity index (χ4n) is 1.76. The molecule has 3 aromatic rings. The lowest BCUT2D eigenvalue weighted by molar-refractivity contribution is -0.118. The number of benzene rings is 1. The van der Waals surface area contributed by atoms with Crippen LogP contribution in [0.3, 0.4) is 0 Å². The van der Waals surface area contributed by atoms with Crippen molar-refractivity contribution in [2.75, 3.05) is 5.75 Å². The lowest BCUT2D eigenvalue weighted by atomic mass is 10.3. The minimum atomic E-state index is -0.244. The van der Waals surface area contributed by atoms with Crippen molar-refractivity contribution in [2.24, 2.45) is 5.10 Å². The minimum absolute atomic E-state index is 0.168. The third-order valence-corrected chi connectivity index (χ3v) is 3.57. The predicted octanol–water partition coefficient (Wildman–Crippen LogP) is 2.97. The van der Waals surface area contributed by atoms with Gasteiger partial charge in [-0.1, -0.05) is 23.9 Å². The van der Waals surface area contributed by atoms with Crippen LogP contribution >= 0.6 is 11.8 Å². The molecule has 22 heavy (non-hydrogen) atoms. The SMILES string of the molecule is Cc1ccc(/C=N/NC(=O)CSc2nc3ccccc3o2)o1. The molecule has 0 bridgehead atoms. The standard InChI is InChI=1S/C15H13N3O3S/c1-10-6-7-11(20-10)8-16-18-14(19)9-22-15-17-12-4-2-3-5-13(12)21-15/h2-8H,9H2,1H3,(H,18,19)/b16-8+. The fourth-order valence-corrected chi connectivity index (χ4v) is 2.39. The van der Waals surface area contributed by atoms with Gasteiger partial charge in [-0.15, -0.1) is 0 Å². The number of thioether (sulfide) groups is 1. The quantitative estimate of drug-likeness (QED) is 0.445. The monoisotopic (exact) mass is 315 g/mol. The zero-order valence-corrected chi connectivity index (χ0v) is 12.6. The van der Waals surface area contributed by atoms with E-state index >= 15 is 0 Å². The van der Waals surface area contributed by atoms with E-state index in [-0.39, 0.29) is 11.7 Å². The third kappa shape index (κ3) is 3.56. The van der Waals surface area contributed by atoms with E-state index in [1.165, 1.54) is 18.0 Å². The van der Waals surface area contributed by atoms with Gasteiger partial charge >= 0.3 is 0 Å². The molecular formula is C15H13N3O3S. The molecule has 7 heteroatoms. The third-order valence-electron chi connectivity index (χ3n) is 2.74. The van der Waals surface area contributed by atoms with E-state index in [0.29, 0.717) is 16.6 Å². The number of aromatic nitrogens is 1. The average Bonchev–Trinajstić information content (AvgIpc) is 3.11. The normalized spacial score (nSPS) is 11.3. The molecule has 0 saturated heterocycles. The Hall–Kier alpha value is -2.54. The first-order chi connectivity index (χ1) is 10.7. The summed E-state index contributed by atoms with van der Waals surface area (Å²) in [4.78, 5) is 16.0. The summed E-state index contributed by atoms with van der Waals surface area (Å²) >= 11 is 1.22. The van der Waals surface area contributed by atoms with Crippen molar-refractivity contribution >= 4 is 35.0 Å². The smallest absolute Gasteiger partial charge is 0.257 e. The number of carbonyl (C=O) groups is 1. The fraction of sp³-hybridized carbons (Fsp3) is 0.133. The number of rotatable bonds is 5. The van der Waals surface area contributed by atoms with Crippen molar-refractivity contribution in [3.63, 3.8) is 0 Å². The number of nitrogens with zero attached hydrogens (tertiary/aromatic N) is 2. The summed E-state index contributed by atoms with van der Waals surface area (Å²) in [6.07, 6.45) is 1.45. The van der Waals surface area contributed by atoms with Crippen molar-refractivity contribution in [1.82, 2.24) is 10.4 Å². The van der Waals surface area contributed by atoms with Crippen LogP contribution in [-0.4, -0.2) is 22.9 Å². The Kier molecular flexibility index (Phi) is 4.24. The van der Waals surface area contributed by atoms with Gasteiger partial charge < -0.3 is 8.83 Å². The number of hydrogen-bond acceptors (Lipinski definition) is 6. The van der Waals surface area contributed by atoms with E-state index in [1.54, 1.807) is 6.07 Å². The molecule has 6 nitrogen and oxygen atoms in total. The summed E-state index contributed by atoms with van der Waals surface area (Å²) in [6, 6.07) is 11.1. The van der Waals surface area contributed by atoms with Crippen LogP contribution in [0.25, 0.3) is 11.1 Å². The molecule has 0 aliphatic carbocycles. The van der Waals surface area contributed by atoms with E-state index in [1.807, 2.05) is 37.3 Å². The number of oxazole rings is 1. The average molecular weight is 315 g/mol. The van der Waals surface area contributed by atoms with Gasteiger partial charge in [0.1, 0.15) is 17.0 Å². The number of carbonyl (C=O) groups excluding carboxylic acids is 1. The van der Waals surface area contributed by atoms with Crippen LogP contribution in [-0.2, 0) is 4.79 Å². The lowest BCUT2D eigenvalue weighted by Gasteiger charge is -1.96. The minimum Gasteiger partial charge on any atom is -0.460 e. The van der Waals surface area contributed by atoms with Crippen LogP contribution in [0.1, 0.15) is 11.5 Å². The molecule has 2 heterocycles. The zero-order chi connectivity index (χ0) is 15.4. The Labute approximate surface area is 130 Å². The number of hydrogen-bond donors (Lipinski definition) is 1.